The Balaban J connectivity index is 1.82. The molecule has 0 saturated carbocycles. The Morgan fingerprint density at radius 2 is 2.00 bits per heavy atom. The summed E-state index contributed by atoms with van der Waals surface area (Å²) < 4.78 is 38.2. The molecule has 2 aliphatic heterocycles. The second kappa shape index (κ2) is 6.45. The van der Waals surface area contributed by atoms with Crippen LogP contribution in [0.3, 0.4) is 0 Å². The molecule has 2 aliphatic rings. The highest BCUT2D eigenvalue weighted by molar-refractivity contribution is 7.89. The molecule has 1 aromatic rings. The maximum Gasteiger partial charge on any atom is 0.244 e. The summed E-state index contributed by atoms with van der Waals surface area (Å²) in [7, 11) is -3.58. The zero-order valence-corrected chi connectivity index (χ0v) is 14.1. The van der Waals surface area contributed by atoms with Gasteiger partial charge in [0.15, 0.2) is 6.29 Å². The van der Waals surface area contributed by atoms with Crippen LogP contribution in [0.5, 0.6) is 0 Å². The van der Waals surface area contributed by atoms with Crippen LogP contribution in [-0.2, 0) is 19.5 Å². The lowest BCUT2D eigenvalue weighted by Crippen LogP contribution is -2.43. The van der Waals surface area contributed by atoms with Crippen molar-refractivity contribution in [3.05, 3.63) is 28.8 Å². The molecular weight excluding hydrogens is 326 g/mol. The molecule has 1 atom stereocenters. The Labute approximate surface area is 136 Å². The van der Waals surface area contributed by atoms with Crippen LogP contribution in [-0.4, -0.2) is 45.3 Å². The first kappa shape index (κ1) is 16.2. The highest BCUT2D eigenvalue weighted by Crippen LogP contribution is 2.31. The van der Waals surface area contributed by atoms with E-state index in [1.54, 1.807) is 18.2 Å². The van der Waals surface area contributed by atoms with Crippen LogP contribution in [0.25, 0.3) is 0 Å². The van der Waals surface area contributed by atoms with Gasteiger partial charge < -0.3 is 9.47 Å². The van der Waals surface area contributed by atoms with Gasteiger partial charge in [0.25, 0.3) is 0 Å². The number of hydrogen-bond acceptors (Lipinski definition) is 4. The number of rotatable bonds is 3. The molecule has 2 heterocycles. The van der Waals surface area contributed by atoms with Gasteiger partial charge in [-0.3, -0.25) is 0 Å². The van der Waals surface area contributed by atoms with E-state index in [0.29, 0.717) is 26.3 Å². The highest BCUT2D eigenvalue weighted by atomic mass is 35.5. The quantitative estimate of drug-likeness (QED) is 0.844. The third-order valence-corrected chi connectivity index (χ3v) is 6.51. The minimum Gasteiger partial charge on any atom is -0.350 e. The van der Waals surface area contributed by atoms with Crippen LogP contribution in [0.15, 0.2) is 23.1 Å². The van der Waals surface area contributed by atoms with Gasteiger partial charge in [0, 0.05) is 19.0 Å². The lowest BCUT2D eigenvalue weighted by Gasteiger charge is -2.34. The van der Waals surface area contributed by atoms with Gasteiger partial charge in [-0.2, -0.15) is 4.31 Å². The normalized spacial score (nSPS) is 24.7. The van der Waals surface area contributed by atoms with E-state index >= 15 is 0 Å². The van der Waals surface area contributed by atoms with E-state index in [4.69, 9.17) is 21.1 Å². The summed E-state index contributed by atoms with van der Waals surface area (Å²) in [5.41, 5.74) is 0.938. The van der Waals surface area contributed by atoms with Crippen molar-refractivity contribution < 1.29 is 17.9 Å². The molecule has 0 aromatic heterocycles. The molecule has 122 valence electrons. The Morgan fingerprint density at radius 1 is 1.27 bits per heavy atom. The second-order valence-electron chi connectivity index (χ2n) is 5.81. The lowest BCUT2D eigenvalue weighted by atomic mass is 9.99. The first-order valence-electron chi connectivity index (χ1n) is 7.48. The van der Waals surface area contributed by atoms with E-state index < -0.39 is 10.0 Å². The molecule has 0 unspecified atom stereocenters. The molecule has 5 nitrogen and oxygen atoms in total. The standard InChI is InChI=1S/C15H20ClNO4S/c1-11-4-5-14(13(16)9-11)22(18,19)17-6-2-3-12(10-17)15-20-7-8-21-15/h4-5,9,12,15H,2-3,6-8,10H2,1H3/t12-/m0/s1. The zero-order chi connectivity index (χ0) is 15.7. The summed E-state index contributed by atoms with van der Waals surface area (Å²) in [5, 5.41) is 0.274. The van der Waals surface area contributed by atoms with Gasteiger partial charge in [0.2, 0.25) is 10.0 Å². The zero-order valence-electron chi connectivity index (χ0n) is 12.5. The second-order valence-corrected chi connectivity index (χ2v) is 8.12. The number of ether oxygens (including phenoxy) is 2. The molecular formula is C15H20ClNO4S. The number of aryl methyl sites for hydroxylation is 1. The molecule has 22 heavy (non-hydrogen) atoms. The smallest absolute Gasteiger partial charge is 0.244 e. The number of hydrogen-bond donors (Lipinski definition) is 0. The van der Waals surface area contributed by atoms with Crippen molar-refractivity contribution in [2.24, 2.45) is 5.92 Å². The number of nitrogens with zero attached hydrogens (tertiary/aromatic N) is 1. The van der Waals surface area contributed by atoms with Gasteiger partial charge in [-0.05, 0) is 37.5 Å². The van der Waals surface area contributed by atoms with Crippen LogP contribution in [0.1, 0.15) is 18.4 Å². The Kier molecular flexibility index (Phi) is 4.75. The lowest BCUT2D eigenvalue weighted by molar-refractivity contribution is -0.0940. The maximum absolute atomic E-state index is 12.8. The van der Waals surface area contributed by atoms with Crippen LogP contribution in [0.4, 0.5) is 0 Å². The van der Waals surface area contributed by atoms with Crippen molar-refractivity contribution in [2.75, 3.05) is 26.3 Å². The molecule has 0 N–H and O–H groups in total. The van der Waals surface area contributed by atoms with Crippen molar-refractivity contribution in [3.8, 4) is 0 Å². The maximum atomic E-state index is 12.8. The molecule has 0 amide bonds. The molecule has 0 aliphatic carbocycles. The van der Waals surface area contributed by atoms with Crippen LogP contribution in [0, 0.1) is 12.8 Å². The average Bonchev–Trinajstić information content (AvgIpc) is 3.01. The molecule has 2 saturated heterocycles. The molecule has 0 bridgehead atoms. The largest absolute Gasteiger partial charge is 0.350 e. The molecule has 1 aromatic carbocycles. The summed E-state index contributed by atoms with van der Waals surface area (Å²) in [6.45, 7) is 3.97. The number of sulfonamides is 1. The summed E-state index contributed by atoms with van der Waals surface area (Å²) in [5.74, 6) is 0.0789. The predicted octanol–water partition coefficient (Wildman–Crippen LogP) is 2.42. The van der Waals surface area contributed by atoms with Crippen molar-refractivity contribution >= 4 is 21.6 Å². The van der Waals surface area contributed by atoms with Crippen molar-refractivity contribution in [3.63, 3.8) is 0 Å². The number of piperidine rings is 1. The van der Waals surface area contributed by atoms with Gasteiger partial charge in [-0.15, -0.1) is 0 Å². The van der Waals surface area contributed by atoms with E-state index in [2.05, 4.69) is 0 Å². The summed E-state index contributed by atoms with van der Waals surface area (Å²) in [6.07, 6.45) is 1.43. The van der Waals surface area contributed by atoms with E-state index in [0.717, 1.165) is 18.4 Å². The Bertz CT molecular complexity index is 643. The van der Waals surface area contributed by atoms with Gasteiger partial charge >= 0.3 is 0 Å². The first-order chi connectivity index (χ1) is 10.5. The first-order valence-corrected chi connectivity index (χ1v) is 9.30. The molecule has 3 rings (SSSR count). The average molecular weight is 346 g/mol. The fourth-order valence-corrected chi connectivity index (χ4v) is 5.13. The monoisotopic (exact) mass is 345 g/mol. The van der Waals surface area contributed by atoms with E-state index in [-0.39, 0.29) is 22.1 Å². The Hall–Kier alpha value is -0.660. The minimum absolute atomic E-state index is 0.0789. The van der Waals surface area contributed by atoms with Crippen molar-refractivity contribution in [2.45, 2.75) is 31.0 Å². The Morgan fingerprint density at radius 3 is 2.68 bits per heavy atom. The van der Waals surface area contributed by atoms with Crippen LogP contribution in [0.2, 0.25) is 5.02 Å². The highest BCUT2D eigenvalue weighted by Gasteiger charge is 2.36. The van der Waals surface area contributed by atoms with Gasteiger partial charge in [0.05, 0.1) is 18.2 Å². The summed E-state index contributed by atoms with van der Waals surface area (Å²) in [6, 6.07) is 5.03. The minimum atomic E-state index is -3.58. The van der Waals surface area contributed by atoms with Gasteiger partial charge in [0.1, 0.15) is 4.90 Å². The topological polar surface area (TPSA) is 55.8 Å². The van der Waals surface area contributed by atoms with E-state index in [1.165, 1.54) is 4.31 Å². The van der Waals surface area contributed by atoms with Gasteiger partial charge in [-0.25, -0.2) is 8.42 Å². The number of benzene rings is 1. The molecule has 0 spiro atoms. The summed E-state index contributed by atoms with van der Waals surface area (Å²) >= 11 is 6.14. The van der Waals surface area contributed by atoms with E-state index in [1.807, 2.05) is 6.92 Å². The fourth-order valence-electron chi connectivity index (χ4n) is 3.02. The molecule has 2 fully saturated rings. The van der Waals surface area contributed by atoms with Crippen molar-refractivity contribution in [1.82, 2.24) is 4.31 Å². The van der Waals surface area contributed by atoms with Crippen LogP contribution >= 0.6 is 11.6 Å². The fraction of sp³-hybridized carbons (Fsp3) is 0.600. The molecule has 0 radical (unpaired) electrons. The SMILES string of the molecule is Cc1ccc(S(=O)(=O)N2CCC[C@H](C3OCCO3)C2)c(Cl)c1. The predicted molar refractivity (Wildman–Crippen MR) is 83.4 cm³/mol. The number of halogens is 1. The molecule has 7 heteroatoms. The third-order valence-electron chi connectivity index (χ3n) is 4.16. The van der Waals surface area contributed by atoms with Gasteiger partial charge in [-0.1, -0.05) is 17.7 Å². The van der Waals surface area contributed by atoms with Crippen LogP contribution < -0.4 is 0 Å². The van der Waals surface area contributed by atoms with E-state index in [9.17, 15) is 8.42 Å². The third kappa shape index (κ3) is 3.16. The summed E-state index contributed by atoms with van der Waals surface area (Å²) in [4.78, 5) is 0.175. The van der Waals surface area contributed by atoms with Crippen molar-refractivity contribution in [1.29, 1.82) is 0 Å².